The van der Waals surface area contributed by atoms with Gasteiger partial charge in [-0.2, -0.15) is 0 Å². The Morgan fingerprint density at radius 1 is 1.07 bits per heavy atom. The van der Waals surface area contributed by atoms with Gasteiger partial charge in [0.2, 0.25) is 12.7 Å². The van der Waals surface area contributed by atoms with Gasteiger partial charge in [0.05, 0.1) is 5.56 Å². The topological polar surface area (TPSA) is 67.9 Å². The van der Waals surface area contributed by atoms with Gasteiger partial charge in [-0.1, -0.05) is 0 Å². The van der Waals surface area contributed by atoms with E-state index < -0.39 is 28.9 Å². The Balaban J connectivity index is 1.66. The molecule has 0 bridgehead atoms. The van der Waals surface area contributed by atoms with Crippen molar-refractivity contribution in [3.05, 3.63) is 53.3 Å². The minimum Gasteiger partial charge on any atom is -0.454 e. The van der Waals surface area contributed by atoms with E-state index in [2.05, 4.69) is 5.32 Å². The molecular formula is C18H15F3N2O4. The van der Waals surface area contributed by atoms with Crippen molar-refractivity contribution in [1.82, 2.24) is 5.32 Å². The van der Waals surface area contributed by atoms with Crippen molar-refractivity contribution in [2.75, 3.05) is 24.8 Å². The fourth-order valence-corrected chi connectivity index (χ4v) is 2.60. The molecule has 2 aromatic rings. The molecule has 0 saturated carbocycles. The number of fused-ring (bicyclic) bond motifs is 1. The number of anilines is 1. The first-order valence-electron chi connectivity index (χ1n) is 7.98. The van der Waals surface area contributed by atoms with Crippen LogP contribution in [-0.2, 0) is 4.79 Å². The fraction of sp³-hybridized carbons (Fsp3) is 0.222. The molecule has 0 fully saturated rings. The molecule has 9 heteroatoms. The lowest BCUT2D eigenvalue weighted by molar-refractivity contribution is -0.116. The number of nitrogens with one attached hydrogen (secondary N) is 1. The van der Waals surface area contributed by atoms with Crippen LogP contribution in [0.15, 0.2) is 30.3 Å². The van der Waals surface area contributed by atoms with Crippen molar-refractivity contribution < 1.29 is 32.2 Å². The van der Waals surface area contributed by atoms with Gasteiger partial charge >= 0.3 is 0 Å². The summed E-state index contributed by atoms with van der Waals surface area (Å²) in [6.45, 7) is 1.48. The molecule has 6 nitrogen and oxygen atoms in total. The normalized spacial score (nSPS) is 12.0. The van der Waals surface area contributed by atoms with Crippen LogP contribution in [0.3, 0.4) is 0 Å². The van der Waals surface area contributed by atoms with Crippen LogP contribution in [0.4, 0.5) is 18.9 Å². The summed E-state index contributed by atoms with van der Waals surface area (Å²) in [7, 11) is 0. The van der Waals surface area contributed by atoms with Gasteiger partial charge in [0.1, 0.15) is 0 Å². The van der Waals surface area contributed by atoms with E-state index in [1.165, 1.54) is 11.8 Å². The van der Waals surface area contributed by atoms with Crippen LogP contribution < -0.4 is 19.7 Å². The zero-order valence-corrected chi connectivity index (χ0v) is 14.2. The highest BCUT2D eigenvalue weighted by molar-refractivity contribution is 5.95. The Morgan fingerprint density at radius 3 is 2.56 bits per heavy atom. The fourth-order valence-electron chi connectivity index (χ4n) is 2.60. The summed E-state index contributed by atoms with van der Waals surface area (Å²) in [5.74, 6) is -4.81. The molecule has 27 heavy (non-hydrogen) atoms. The maximum atomic E-state index is 13.7. The standard InChI is InChI=1S/C18H15F3N2O4/c1-10(24)23(11-2-5-14-15(8-11)27-9-26-14)7-6-22-18(25)12-3-4-13(19)17(21)16(12)20/h2-5,8H,6-7,9H2,1H3,(H,22,25). The van der Waals surface area contributed by atoms with Crippen LogP contribution in [0.2, 0.25) is 0 Å². The number of halogens is 3. The minimum atomic E-state index is -1.71. The average molecular weight is 380 g/mol. The van der Waals surface area contributed by atoms with Crippen molar-refractivity contribution in [3.8, 4) is 11.5 Å². The van der Waals surface area contributed by atoms with E-state index in [0.29, 0.717) is 23.3 Å². The number of hydrogen-bond acceptors (Lipinski definition) is 4. The van der Waals surface area contributed by atoms with E-state index in [0.717, 1.165) is 6.07 Å². The van der Waals surface area contributed by atoms with Crippen LogP contribution in [-0.4, -0.2) is 31.7 Å². The summed E-state index contributed by atoms with van der Waals surface area (Å²) in [5, 5.41) is 2.38. The zero-order chi connectivity index (χ0) is 19.6. The predicted molar refractivity (Wildman–Crippen MR) is 89.2 cm³/mol. The van der Waals surface area contributed by atoms with E-state index in [9.17, 15) is 22.8 Å². The summed E-state index contributed by atoms with van der Waals surface area (Å²) in [5.41, 5.74) is -0.0913. The number of hydrogen-bond donors (Lipinski definition) is 1. The van der Waals surface area contributed by atoms with E-state index in [1.54, 1.807) is 18.2 Å². The van der Waals surface area contributed by atoms with Gasteiger partial charge in [0, 0.05) is 31.8 Å². The predicted octanol–water partition coefficient (Wildman–Crippen LogP) is 2.62. The molecule has 1 aliphatic heterocycles. The summed E-state index contributed by atoms with van der Waals surface area (Å²) < 4.78 is 50.3. The van der Waals surface area contributed by atoms with E-state index >= 15 is 0 Å². The van der Waals surface area contributed by atoms with Crippen LogP contribution in [0.25, 0.3) is 0 Å². The molecule has 0 radical (unpaired) electrons. The second kappa shape index (κ2) is 7.56. The molecule has 2 amide bonds. The molecule has 1 N–H and O–H groups in total. The highest BCUT2D eigenvalue weighted by Gasteiger charge is 2.20. The molecule has 2 aromatic carbocycles. The Morgan fingerprint density at radius 2 is 1.81 bits per heavy atom. The summed E-state index contributed by atoms with van der Waals surface area (Å²) in [6, 6.07) is 6.46. The highest BCUT2D eigenvalue weighted by atomic mass is 19.2. The van der Waals surface area contributed by atoms with Gasteiger partial charge in [-0.25, -0.2) is 13.2 Å². The molecule has 0 saturated heterocycles. The number of benzene rings is 2. The largest absolute Gasteiger partial charge is 0.454 e. The second-order valence-electron chi connectivity index (χ2n) is 5.69. The first-order chi connectivity index (χ1) is 12.9. The van der Waals surface area contributed by atoms with E-state index in [1.807, 2.05) is 0 Å². The third kappa shape index (κ3) is 3.81. The van der Waals surface area contributed by atoms with Crippen molar-refractivity contribution in [2.24, 2.45) is 0 Å². The first-order valence-corrected chi connectivity index (χ1v) is 7.98. The number of ether oxygens (including phenoxy) is 2. The third-order valence-corrected chi connectivity index (χ3v) is 3.95. The van der Waals surface area contributed by atoms with Gasteiger partial charge in [-0.15, -0.1) is 0 Å². The lowest BCUT2D eigenvalue weighted by atomic mass is 10.2. The highest BCUT2D eigenvalue weighted by Crippen LogP contribution is 2.35. The lowest BCUT2D eigenvalue weighted by Crippen LogP contribution is -2.37. The third-order valence-electron chi connectivity index (χ3n) is 3.95. The Hall–Kier alpha value is -3.23. The molecule has 0 atom stereocenters. The summed E-state index contributed by atoms with van der Waals surface area (Å²) >= 11 is 0. The average Bonchev–Trinajstić information content (AvgIpc) is 3.10. The lowest BCUT2D eigenvalue weighted by Gasteiger charge is -2.21. The molecule has 1 aliphatic rings. The van der Waals surface area contributed by atoms with Crippen molar-refractivity contribution >= 4 is 17.5 Å². The summed E-state index contributed by atoms with van der Waals surface area (Å²) in [6.07, 6.45) is 0. The van der Waals surface area contributed by atoms with Gasteiger partial charge in [0.25, 0.3) is 5.91 Å². The van der Waals surface area contributed by atoms with Gasteiger partial charge in [-0.3, -0.25) is 9.59 Å². The van der Waals surface area contributed by atoms with Crippen LogP contribution in [0.5, 0.6) is 11.5 Å². The molecule has 0 aromatic heterocycles. The maximum Gasteiger partial charge on any atom is 0.254 e. The number of nitrogens with zero attached hydrogens (tertiary/aromatic N) is 1. The molecule has 0 unspecified atom stereocenters. The molecule has 0 spiro atoms. The van der Waals surface area contributed by atoms with Gasteiger partial charge in [0.15, 0.2) is 29.0 Å². The van der Waals surface area contributed by atoms with Crippen molar-refractivity contribution in [3.63, 3.8) is 0 Å². The number of carbonyl (C=O) groups excluding carboxylic acids is 2. The molecule has 3 rings (SSSR count). The van der Waals surface area contributed by atoms with Crippen molar-refractivity contribution in [2.45, 2.75) is 6.92 Å². The molecule has 1 heterocycles. The van der Waals surface area contributed by atoms with Crippen molar-refractivity contribution in [1.29, 1.82) is 0 Å². The molecule has 0 aliphatic carbocycles. The van der Waals surface area contributed by atoms with Crippen LogP contribution >= 0.6 is 0 Å². The molecule has 142 valence electrons. The Bertz CT molecular complexity index is 904. The zero-order valence-electron chi connectivity index (χ0n) is 14.2. The van der Waals surface area contributed by atoms with Gasteiger partial charge in [-0.05, 0) is 24.3 Å². The monoisotopic (exact) mass is 380 g/mol. The van der Waals surface area contributed by atoms with Crippen LogP contribution in [0.1, 0.15) is 17.3 Å². The minimum absolute atomic E-state index is 0.0364. The van der Waals surface area contributed by atoms with Gasteiger partial charge < -0.3 is 19.7 Å². The van der Waals surface area contributed by atoms with Crippen LogP contribution in [0, 0.1) is 17.5 Å². The smallest absolute Gasteiger partial charge is 0.254 e. The number of amides is 2. The SMILES string of the molecule is CC(=O)N(CCNC(=O)c1ccc(F)c(F)c1F)c1ccc2c(c1)OCO2. The Labute approximate surface area is 152 Å². The number of rotatable bonds is 5. The summed E-state index contributed by atoms with van der Waals surface area (Å²) in [4.78, 5) is 25.3. The van der Waals surface area contributed by atoms with E-state index in [4.69, 9.17) is 9.47 Å². The first kappa shape index (κ1) is 18.6. The maximum absolute atomic E-state index is 13.7. The Kier molecular flexibility index (Phi) is 5.20. The number of carbonyl (C=O) groups is 2. The molecular weight excluding hydrogens is 365 g/mol. The second-order valence-corrected chi connectivity index (χ2v) is 5.69. The van der Waals surface area contributed by atoms with E-state index in [-0.39, 0.29) is 25.8 Å². The quantitative estimate of drug-likeness (QED) is 0.810.